The number of hydrogen-bond donors (Lipinski definition) is 2. The Morgan fingerprint density at radius 3 is 2.10 bits per heavy atom. The van der Waals surface area contributed by atoms with Crippen molar-refractivity contribution in [3.63, 3.8) is 0 Å². The monoisotopic (exact) mass is 274 g/mol. The molecule has 0 amide bonds. The van der Waals surface area contributed by atoms with E-state index < -0.39 is 0 Å². The number of benzene rings is 3. The van der Waals surface area contributed by atoms with Gasteiger partial charge in [0.1, 0.15) is 0 Å². The Bertz CT molecular complexity index is 706. The summed E-state index contributed by atoms with van der Waals surface area (Å²) in [6.45, 7) is 0.797. The molecule has 0 radical (unpaired) electrons. The van der Waals surface area contributed by atoms with Gasteiger partial charge in [0.15, 0.2) is 0 Å². The lowest BCUT2D eigenvalue weighted by Gasteiger charge is -2.11. The highest BCUT2D eigenvalue weighted by atomic mass is 14.9. The van der Waals surface area contributed by atoms with Crippen LogP contribution in [0.1, 0.15) is 5.56 Å². The van der Waals surface area contributed by atoms with Gasteiger partial charge in [-0.25, -0.2) is 0 Å². The van der Waals surface area contributed by atoms with E-state index in [9.17, 15) is 0 Å². The highest BCUT2D eigenvalue weighted by Crippen LogP contribution is 2.28. The summed E-state index contributed by atoms with van der Waals surface area (Å²) in [5.41, 5.74) is 11.5. The van der Waals surface area contributed by atoms with Crippen molar-refractivity contribution in [1.29, 1.82) is 0 Å². The number of nitrogen functional groups attached to an aromatic ring is 1. The molecule has 3 rings (SSSR count). The first-order valence-corrected chi connectivity index (χ1v) is 7.06. The van der Waals surface area contributed by atoms with Gasteiger partial charge in [-0.05, 0) is 23.3 Å². The Hall–Kier alpha value is -2.74. The molecule has 0 saturated heterocycles. The van der Waals surface area contributed by atoms with Crippen LogP contribution in [0, 0.1) is 0 Å². The number of nitrogens with one attached hydrogen (secondary N) is 1. The molecule has 0 aliphatic carbocycles. The molecule has 0 atom stereocenters. The quantitative estimate of drug-likeness (QED) is 0.685. The highest BCUT2D eigenvalue weighted by Gasteiger charge is 2.03. The van der Waals surface area contributed by atoms with Crippen molar-refractivity contribution < 1.29 is 0 Å². The first-order valence-electron chi connectivity index (χ1n) is 7.06. The van der Waals surface area contributed by atoms with Crippen molar-refractivity contribution in [3.05, 3.63) is 84.4 Å². The van der Waals surface area contributed by atoms with Gasteiger partial charge >= 0.3 is 0 Å². The molecule has 0 bridgehead atoms. The van der Waals surface area contributed by atoms with Gasteiger partial charge in [-0.2, -0.15) is 0 Å². The number of hydrogen-bond acceptors (Lipinski definition) is 2. The molecule has 2 nitrogen and oxygen atoms in total. The molecule has 0 saturated carbocycles. The molecule has 0 aliphatic heterocycles. The van der Waals surface area contributed by atoms with E-state index in [-0.39, 0.29) is 0 Å². The van der Waals surface area contributed by atoms with Gasteiger partial charge in [-0.1, -0.05) is 66.7 Å². The van der Waals surface area contributed by atoms with E-state index >= 15 is 0 Å². The maximum atomic E-state index is 6.18. The third kappa shape index (κ3) is 3.23. The molecule has 3 aromatic carbocycles. The minimum absolute atomic E-state index is 0.791. The van der Waals surface area contributed by atoms with Gasteiger partial charge < -0.3 is 11.1 Å². The van der Waals surface area contributed by atoms with Crippen LogP contribution in [0.2, 0.25) is 0 Å². The van der Waals surface area contributed by atoms with Crippen molar-refractivity contribution in [2.45, 2.75) is 6.54 Å². The van der Waals surface area contributed by atoms with Gasteiger partial charge in [0, 0.05) is 23.5 Å². The van der Waals surface area contributed by atoms with E-state index in [0.717, 1.165) is 29.0 Å². The van der Waals surface area contributed by atoms with E-state index in [1.54, 1.807) is 0 Å². The lowest BCUT2D eigenvalue weighted by Crippen LogP contribution is -2.00. The molecule has 0 aromatic heterocycles. The fraction of sp³-hybridized carbons (Fsp3) is 0.0526. The summed E-state index contributed by atoms with van der Waals surface area (Å²) in [5.74, 6) is 0. The van der Waals surface area contributed by atoms with Gasteiger partial charge in [0.25, 0.3) is 0 Å². The molecule has 0 aliphatic rings. The smallest absolute Gasteiger partial charge is 0.0414 e. The average molecular weight is 274 g/mol. The Morgan fingerprint density at radius 1 is 0.762 bits per heavy atom. The highest BCUT2D eigenvalue weighted by molar-refractivity contribution is 5.79. The first-order chi connectivity index (χ1) is 10.3. The van der Waals surface area contributed by atoms with Crippen LogP contribution < -0.4 is 11.1 Å². The molecule has 0 spiro atoms. The van der Waals surface area contributed by atoms with Crippen molar-refractivity contribution in [2.75, 3.05) is 11.1 Å². The maximum absolute atomic E-state index is 6.18. The summed E-state index contributed by atoms with van der Waals surface area (Å²) < 4.78 is 0. The summed E-state index contributed by atoms with van der Waals surface area (Å²) >= 11 is 0. The molecule has 3 N–H and O–H groups in total. The zero-order valence-corrected chi connectivity index (χ0v) is 11.8. The Morgan fingerprint density at radius 2 is 1.43 bits per heavy atom. The summed E-state index contributed by atoms with van der Waals surface area (Å²) in [4.78, 5) is 0. The van der Waals surface area contributed by atoms with Gasteiger partial charge in [0.05, 0.1) is 0 Å². The van der Waals surface area contributed by atoms with E-state index in [2.05, 4.69) is 41.7 Å². The molecule has 0 unspecified atom stereocenters. The molecule has 3 aromatic rings. The molecule has 0 fully saturated rings. The van der Waals surface area contributed by atoms with Crippen LogP contribution >= 0.6 is 0 Å². The fourth-order valence-electron chi connectivity index (χ4n) is 2.35. The molecular formula is C19H18N2. The third-order valence-corrected chi connectivity index (χ3v) is 3.48. The minimum atomic E-state index is 0.791. The molecule has 104 valence electrons. The van der Waals surface area contributed by atoms with Crippen LogP contribution in [0.5, 0.6) is 0 Å². The van der Waals surface area contributed by atoms with Gasteiger partial charge in [0.2, 0.25) is 0 Å². The van der Waals surface area contributed by atoms with Crippen LogP contribution in [-0.4, -0.2) is 0 Å². The van der Waals surface area contributed by atoms with Crippen LogP contribution in [0.4, 0.5) is 11.4 Å². The van der Waals surface area contributed by atoms with Crippen molar-refractivity contribution in [3.8, 4) is 11.1 Å². The van der Waals surface area contributed by atoms with Crippen molar-refractivity contribution >= 4 is 11.4 Å². The minimum Gasteiger partial charge on any atom is -0.398 e. The summed E-state index contributed by atoms with van der Waals surface area (Å²) in [6.07, 6.45) is 0. The lowest BCUT2D eigenvalue weighted by molar-refractivity contribution is 1.15. The van der Waals surface area contributed by atoms with Crippen molar-refractivity contribution in [2.24, 2.45) is 0 Å². The molecule has 21 heavy (non-hydrogen) atoms. The van der Waals surface area contributed by atoms with E-state index in [4.69, 9.17) is 5.73 Å². The summed E-state index contributed by atoms with van der Waals surface area (Å²) in [6, 6.07) is 26.7. The Labute approximate surface area is 125 Å². The van der Waals surface area contributed by atoms with Crippen LogP contribution in [0.25, 0.3) is 11.1 Å². The predicted octanol–water partition coefficient (Wildman–Crippen LogP) is 4.55. The average Bonchev–Trinajstić information content (AvgIpc) is 2.55. The topological polar surface area (TPSA) is 38.0 Å². The zero-order chi connectivity index (χ0) is 14.5. The summed E-state index contributed by atoms with van der Waals surface area (Å²) in [7, 11) is 0. The van der Waals surface area contributed by atoms with Gasteiger partial charge in [-0.15, -0.1) is 0 Å². The second kappa shape index (κ2) is 6.14. The number of nitrogens with two attached hydrogens (primary N) is 1. The van der Waals surface area contributed by atoms with Crippen LogP contribution in [-0.2, 0) is 6.54 Å². The van der Waals surface area contributed by atoms with E-state index in [1.807, 2.05) is 42.5 Å². The SMILES string of the molecule is Nc1cc(NCc2ccccc2)ccc1-c1ccccc1. The Balaban J connectivity index is 1.76. The van der Waals surface area contributed by atoms with Crippen LogP contribution in [0.3, 0.4) is 0 Å². The number of anilines is 2. The fourth-order valence-corrected chi connectivity index (χ4v) is 2.35. The Kier molecular flexibility index (Phi) is 3.88. The standard InChI is InChI=1S/C19H18N2/c20-19-13-17(21-14-15-7-3-1-4-8-15)11-12-18(19)16-9-5-2-6-10-16/h1-13,21H,14,20H2. The van der Waals surface area contributed by atoms with E-state index in [0.29, 0.717) is 0 Å². The van der Waals surface area contributed by atoms with Crippen LogP contribution in [0.15, 0.2) is 78.9 Å². The summed E-state index contributed by atoms with van der Waals surface area (Å²) in [5, 5.41) is 3.40. The third-order valence-electron chi connectivity index (χ3n) is 3.48. The number of rotatable bonds is 4. The van der Waals surface area contributed by atoms with Crippen molar-refractivity contribution in [1.82, 2.24) is 0 Å². The second-order valence-electron chi connectivity index (χ2n) is 5.01. The maximum Gasteiger partial charge on any atom is 0.0414 e. The predicted molar refractivity (Wildman–Crippen MR) is 90.1 cm³/mol. The molecule has 2 heteroatoms. The first kappa shape index (κ1) is 13.3. The normalized spacial score (nSPS) is 10.3. The second-order valence-corrected chi connectivity index (χ2v) is 5.01. The van der Waals surface area contributed by atoms with E-state index in [1.165, 1.54) is 5.56 Å². The molecular weight excluding hydrogens is 256 g/mol. The van der Waals surface area contributed by atoms with Gasteiger partial charge in [-0.3, -0.25) is 0 Å². The largest absolute Gasteiger partial charge is 0.398 e. The lowest BCUT2D eigenvalue weighted by atomic mass is 10.0. The molecule has 0 heterocycles. The zero-order valence-electron chi connectivity index (χ0n) is 11.8.